The maximum atomic E-state index is 6.17. The van der Waals surface area contributed by atoms with Crippen LogP contribution in [0.15, 0.2) is 35.6 Å². The van der Waals surface area contributed by atoms with Gasteiger partial charge in [-0.1, -0.05) is 24.6 Å². The number of nitrogens with one attached hydrogen (secondary N) is 1. The van der Waals surface area contributed by atoms with Crippen LogP contribution in [0.4, 0.5) is 5.69 Å². The second-order valence-corrected chi connectivity index (χ2v) is 7.87. The van der Waals surface area contributed by atoms with Crippen molar-refractivity contribution in [3.63, 3.8) is 0 Å². The molecule has 0 atom stereocenters. The van der Waals surface area contributed by atoms with Crippen LogP contribution in [-0.2, 0) is 17.7 Å². The standard InChI is InChI=1S/C22H34ClN7O.HI/c1-3-21-27-26-18-30(21)11-10-25-22(24-9-6-16-31-4-2)29-14-12-28(13-15-29)20-8-5-7-19(23)17-20;/h5,7-8,17-18H,3-4,6,9-16H2,1-2H3,(H,24,25);1H. The third-order valence-corrected chi connectivity index (χ3v) is 5.55. The number of hydrogen-bond acceptors (Lipinski definition) is 5. The molecule has 1 aromatic heterocycles. The topological polar surface area (TPSA) is 70.8 Å². The number of aromatic nitrogens is 3. The molecular weight excluding hydrogens is 541 g/mol. The Morgan fingerprint density at radius 1 is 1.22 bits per heavy atom. The molecule has 0 spiro atoms. The number of guanidine groups is 1. The quantitative estimate of drug-likeness (QED) is 0.203. The lowest BCUT2D eigenvalue weighted by atomic mass is 10.2. The Hall–Kier alpha value is -1.59. The summed E-state index contributed by atoms with van der Waals surface area (Å²) < 4.78 is 7.55. The van der Waals surface area contributed by atoms with Gasteiger partial charge >= 0.3 is 0 Å². The Labute approximate surface area is 213 Å². The van der Waals surface area contributed by atoms with E-state index >= 15 is 0 Å². The Kier molecular flexibility index (Phi) is 12.1. The highest BCUT2D eigenvalue weighted by atomic mass is 127. The summed E-state index contributed by atoms with van der Waals surface area (Å²) in [4.78, 5) is 9.58. The molecule has 1 aliphatic heterocycles. The highest BCUT2D eigenvalue weighted by Gasteiger charge is 2.20. The molecule has 8 nitrogen and oxygen atoms in total. The second kappa shape index (κ2) is 14.5. The maximum absolute atomic E-state index is 6.17. The van der Waals surface area contributed by atoms with Gasteiger partial charge in [-0.3, -0.25) is 4.99 Å². The third-order valence-electron chi connectivity index (χ3n) is 5.31. The molecule has 1 aliphatic rings. The van der Waals surface area contributed by atoms with Gasteiger partial charge in [0.2, 0.25) is 0 Å². The van der Waals surface area contributed by atoms with Gasteiger partial charge in [0.05, 0.1) is 0 Å². The lowest BCUT2D eigenvalue weighted by molar-refractivity contribution is 0.146. The number of aliphatic imine (C=N–C) groups is 1. The molecule has 2 aromatic rings. The fraction of sp³-hybridized carbons (Fsp3) is 0.591. The highest BCUT2D eigenvalue weighted by Crippen LogP contribution is 2.20. The van der Waals surface area contributed by atoms with Crippen molar-refractivity contribution < 1.29 is 4.74 Å². The molecule has 0 radical (unpaired) electrons. The van der Waals surface area contributed by atoms with E-state index in [2.05, 4.69) is 42.9 Å². The molecule has 0 unspecified atom stereocenters. The normalized spacial score (nSPS) is 14.4. The first-order valence-corrected chi connectivity index (χ1v) is 11.6. The van der Waals surface area contributed by atoms with Gasteiger partial charge < -0.3 is 24.4 Å². The molecule has 2 heterocycles. The first-order chi connectivity index (χ1) is 15.2. The van der Waals surface area contributed by atoms with Crippen molar-refractivity contribution in [2.75, 3.05) is 57.4 Å². The van der Waals surface area contributed by atoms with E-state index in [1.807, 2.05) is 25.1 Å². The van der Waals surface area contributed by atoms with Crippen molar-refractivity contribution in [3.8, 4) is 0 Å². The van der Waals surface area contributed by atoms with Gasteiger partial charge in [0.15, 0.2) is 5.96 Å². The van der Waals surface area contributed by atoms with Crippen molar-refractivity contribution in [1.82, 2.24) is 25.0 Å². The molecule has 0 amide bonds. The Morgan fingerprint density at radius 3 is 2.75 bits per heavy atom. The van der Waals surface area contributed by atoms with E-state index in [0.717, 1.165) is 88.7 Å². The summed E-state index contributed by atoms with van der Waals surface area (Å²) in [5, 5.41) is 12.5. The van der Waals surface area contributed by atoms with Crippen molar-refractivity contribution >= 4 is 47.2 Å². The van der Waals surface area contributed by atoms with E-state index in [1.165, 1.54) is 5.69 Å². The van der Waals surface area contributed by atoms with Crippen molar-refractivity contribution in [2.24, 2.45) is 4.99 Å². The number of aryl methyl sites for hydroxylation is 1. The zero-order valence-electron chi connectivity index (χ0n) is 19.0. The monoisotopic (exact) mass is 575 g/mol. The van der Waals surface area contributed by atoms with Gasteiger partial charge in [-0.25, -0.2) is 0 Å². The fourth-order valence-electron chi connectivity index (χ4n) is 3.64. The SMILES string of the molecule is CCOCCCN=C(NCCn1cnnc1CC)N1CCN(c2cccc(Cl)c2)CC1.I. The average Bonchev–Trinajstić information content (AvgIpc) is 3.25. The highest BCUT2D eigenvalue weighted by molar-refractivity contribution is 14.0. The first-order valence-electron chi connectivity index (χ1n) is 11.2. The minimum absolute atomic E-state index is 0. The van der Waals surface area contributed by atoms with E-state index in [-0.39, 0.29) is 24.0 Å². The van der Waals surface area contributed by atoms with E-state index in [4.69, 9.17) is 21.3 Å². The number of hydrogen-bond donors (Lipinski definition) is 1. The number of ether oxygens (including phenoxy) is 1. The van der Waals surface area contributed by atoms with Crippen molar-refractivity contribution in [1.29, 1.82) is 0 Å². The molecule has 3 rings (SSSR count). The van der Waals surface area contributed by atoms with Crippen LogP contribution in [0.2, 0.25) is 5.02 Å². The molecule has 178 valence electrons. The van der Waals surface area contributed by atoms with Crippen LogP contribution < -0.4 is 10.2 Å². The first kappa shape index (κ1) is 26.7. The number of nitrogens with zero attached hydrogens (tertiary/aromatic N) is 6. The number of rotatable bonds is 10. The second-order valence-electron chi connectivity index (χ2n) is 7.43. The molecule has 1 aromatic carbocycles. The minimum atomic E-state index is 0. The molecule has 1 N–H and O–H groups in total. The minimum Gasteiger partial charge on any atom is -0.382 e. The molecule has 0 bridgehead atoms. The van der Waals surface area contributed by atoms with Crippen LogP contribution in [0.1, 0.15) is 26.1 Å². The van der Waals surface area contributed by atoms with E-state index in [1.54, 1.807) is 6.33 Å². The number of halogens is 2. The van der Waals surface area contributed by atoms with E-state index in [9.17, 15) is 0 Å². The summed E-state index contributed by atoms with van der Waals surface area (Å²) in [6.45, 7) is 11.7. The number of benzene rings is 1. The van der Waals surface area contributed by atoms with Crippen LogP contribution in [-0.4, -0.2) is 78.1 Å². The summed E-state index contributed by atoms with van der Waals surface area (Å²) in [6, 6.07) is 8.07. The average molecular weight is 576 g/mol. The van der Waals surface area contributed by atoms with Gasteiger partial charge in [0.1, 0.15) is 12.2 Å². The molecular formula is C22H35ClIN7O. The predicted octanol–water partition coefficient (Wildman–Crippen LogP) is 3.31. The number of piperazine rings is 1. The Morgan fingerprint density at radius 2 is 2.03 bits per heavy atom. The van der Waals surface area contributed by atoms with Crippen LogP contribution in [0.3, 0.4) is 0 Å². The number of anilines is 1. The van der Waals surface area contributed by atoms with Crippen LogP contribution in [0.25, 0.3) is 0 Å². The van der Waals surface area contributed by atoms with Crippen molar-refractivity contribution in [2.45, 2.75) is 33.2 Å². The Balaban J connectivity index is 0.00000363. The van der Waals surface area contributed by atoms with Crippen LogP contribution >= 0.6 is 35.6 Å². The van der Waals surface area contributed by atoms with Gasteiger partial charge in [-0.15, -0.1) is 34.2 Å². The summed E-state index contributed by atoms with van der Waals surface area (Å²) in [5.41, 5.74) is 1.18. The largest absolute Gasteiger partial charge is 0.382 e. The van der Waals surface area contributed by atoms with E-state index < -0.39 is 0 Å². The molecule has 32 heavy (non-hydrogen) atoms. The van der Waals surface area contributed by atoms with Gasteiger partial charge in [-0.05, 0) is 31.5 Å². The van der Waals surface area contributed by atoms with Crippen molar-refractivity contribution in [3.05, 3.63) is 41.4 Å². The Bertz CT molecular complexity index is 824. The summed E-state index contributed by atoms with van der Waals surface area (Å²) >= 11 is 6.17. The van der Waals surface area contributed by atoms with Gasteiger partial charge in [0, 0.05) is 76.2 Å². The third kappa shape index (κ3) is 8.08. The summed E-state index contributed by atoms with van der Waals surface area (Å²) in [6.07, 6.45) is 3.60. The molecule has 0 saturated carbocycles. The lowest BCUT2D eigenvalue weighted by Crippen LogP contribution is -2.53. The molecule has 0 aliphatic carbocycles. The van der Waals surface area contributed by atoms with Crippen LogP contribution in [0.5, 0.6) is 0 Å². The summed E-state index contributed by atoms with van der Waals surface area (Å²) in [7, 11) is 0. The zero-order valence-corrected chi connectivity index (χ0v) is 22.1. The molecule has 1 saturated heterocycles. The predicted molar refractivity (Wildman–Crippen MR) is 141 cm³/mol. The van der Waals surface area contributed by atoms with Gasteiger partial charge in [0.25, 0.3) is 0 Å². The fourth-order valence-corrected chi connectivity index (χ4v) is 3.83. The smallest absolute Gasteiger partial charge is 0.194 e. The lowest BCUT2D eigenvalue weighted by Gasteiger charge is -2.38. The molecule has 10 heteroatoms. The molecule has 1 fully saturated rings. The van der Waals surface area contributed by atoms with Crippen LogP contribution in [0, 0.1) is 0 Å². The zero-order chi connectivity index (χ0) is 21.9. The summed E-state index contributed by atoms with van der Waals surface area (Å²) in [5.74, 6) is 1.97. The van der Waals surface area contributed by atoms with E-state index in [0.29, 0.717) is 0 Å². The van der Waals surface area contributed by atoms with Gasteiger partial charge in [-0.2, -0.15) is 0 Å². The maximum Gasteiger partial charge on any atom is 0.194 e.